The maximum absolute atomic E-state index is 2.45. The summed E-state index contributed by atoms with van der Waals surface area (Å²) in [6.07, 6.45) is 0. The van der Waals surface area contributed by atoms with Crippen LogP contribution < -0.4 is 4.90 Å². The van der Waals surface area contributed by atoms with Gasteiger partial charge in [0.15, 0.2) is 0 Å². The average Bonchev–Trinajstić information content (AvgIpc) is 3.66. The minimum atomic E-state index is 1.10. The summed E-state index contributed by atoms with van der Waals surface area (Å²) in [6, 6.07) is 84.2. The van der Waals surface area contributed by atoms with Crippen LogP contribution in [0.3, 0.4) is 0 Å². The Hall–Kier alpha value is -7.94. The predicted molar refractivity (Wildman–Crippen MR) is 255 cm³/mol. The molecule has 1 heterocycles. The van der Waals surface area contributed by atoms with Gasteiger partial charge >= 0.3 is 0 Å². The van der Waals surface area contributed by atoms with Crippen molar-refractivity contribution in [3.05, 3.63) is 231 Å². The van der Waals surface area contributed by atoms with Crippen LogP contribution >= 0.6 is 0 Å². The molecule has 2 heteroatoms. The van der Waals surface area contributed by atoms with Crippen LogP contribution in [0.15, 0.2) is 231 Å². The summed E-state index contributed by atoms with van der Waals surface area (Å²) in [5, 5.41) is 10.0. The topological polar surface area (TPSA) is 8.17 Å². The monoisotopic (exact) mass is 762 g/mol. The van der Waals surface area contributed by atoms with Gasteiger partial charge in [0.2, 0.25) is 0 Å². The molecule has 280 valence electrons. The Balaban J connectivity index is 1.06. The zero-order valence-electron chi connectivity index (χ0n) is 32.8. The van der Waals surface area contributed by atoms with Crippen LogP contribution in [0.1, 0.15) is 0 Å². The summed E-state index contributed by atoms with van der Waals surface area (Å²) >= 11 is 0. The minimum absolute atomic E-state index is 1.10. The van der Waals surface area contributed by atoms with E-state index in [0.717, 1.165) is 17.1 Å². The summed E-state index contributed by atoms with van der Waals surface area (Å²) in [6.45, 7) is 0. The first-order valence-electron chi connectivity index (χ1n) is 20.7. The predicted octanol–water partition coefficient (Wildman–Crippen LogP) is 16.2. The summed E-state index contributed by atoms with van der Waals surface area (Å²) in [5.41, 5.74) is 14.2. The molecule has 0 aliphatic heterocycles. The molecular weight excluding hydrogens is 725 g/mol. The smallest absolute Gasteiger partial charge is 0.0541 e. The van der Waals surface area contributed by atoms with Crippen molar-refractivity contribution in [3.63, 3.8) is 0 Å². The number of benzene rings is 11. The number of para-hydroxylation sites is 2. The lowest BCUT2D eigenvalue weighted by molar-refractivity contribution is 1.20. The van der Waals surface area contributed by atoms with Gasteiger partial charge in [0.25, 0.3) is 0 Å². The fraction of sp³-hybridized carbons (Fsp3) is 0. The molecular formula is C58H38N2. The molecule has 11 aromatic carbocycles. The standard InChI is InChI=1S/C58H38N2/c1-3-13-39(14-4-1)40-23-31-45(32-24-40)59(46-33-25-42(26-34-46)48-18-8-7-17-47(48)41-15-5-2-6-16-41)55-37-29-43-28-36-52-56(38-30-44-27-35-51(55)57(43)58(44)52)60-53-21-11-9-19-49(53)50-20-10-12-22-54(50)60/h1-38H. The number of nitrogens with zero attached hydrogens (tertiary/aromatic N) is 2. The van der Waals surface area contributed by atoms with E-state index in [2.05, 4.69) is 240 Å². The Bertz CT molecular complexity index is 3460. The molecule has 12 aromatic rings. The third-order valence-electron chi connectivity index (χ3n) is 12.4. The van der Waals surface area contributed by atoms with Gasteiger partial charge < -0.3 is 9.47 Å². The highest BCUT2D eigenvalue weighted by Crippen LogP contribution is 2.46. The highest BCUT2D eigenvalue weighted by molar-refractivity contribution is 6.27. The summed E-state index contributed by atoms with van der Waals surface area (Å²) in [5.74, 6) is 0. The van der Waals surface area contributed by atoms with E-state index in [9.17, 15) is 0 Å². The second-order valence-corrected chi connectivity index (χ2v) is 15.7. The van der Waals surface area contributed by atoms with Gasteiger partial charge in [0.1, 0.15) is 0 Å². The van der Waals surface area contributed by atoms with Crippen LogP contribution in [-0.2, 0) is 0 Å². The minimum Gasteiger partial charge on any atom is -0.310 e. The first kappa shape index (κ1) is 34.1. The van der Waals surface area contributed by atoms with E-state index in [0.29, 0.717) is 0 Å². The van der Waals surface area contributed by atoms with E-state index in [1.807, 2.05) is 0 Å². The highest BCUT2D eigenvalue weighted by Gasteiger charge is 2.21. The molecule has 12 rings (SSSR count). The Morgan fingerprint density at radius 1 is 0.283 bits per heavy atom. The van der Waals surface area contributed by atoms with Gasteiger partial charge in [-0.1, -0.05) is 182 Å². The zero-order valence-corrected chi connectivity index (χ0v) is 32.8. The molecule has 0 radical (unpaired) electrons. The summed E-state index contributed by atoms with van der Waals surface area (Å²) < 4.78 is 2.45. The van der Waals surface area contributed by atoms with Crippen molar-refractivity contribution in [1.82, 2.24) is 4.57 Å². The number of rotatable bonds is 7. The largest absolute Gasteiger partial charge is 0.310 e. The van der Waals surface area contributed by atoms with Gasteiger partial charge in [-0.2, -0.15) is 0 Å². The van der Waals surface area contributed by atoms with Crippen molar-refractivity contribution in [3.8, 4) is 39.1 Å². The first-order valence-corrected chi connectivity index (χ1v) is 20.7. The van der Waals surface area contributed by atoms with Crippen molar-refractivity contribution in [1.29, 1.82) is 0 Å². The molecule has 0 N–H and O–H groups in total. The van der Waals surface area contributed by atoms with Crippen LogP contribution in [0, 0.1) is 0 Å². The van der Waals surface area contributed by atoms with Crippen LogP contribution in [0.25, 0.3) is 93.2 Å². The van der Waals surface area contributed by atoms with E-state index in [1.165, 1.54) is 93.2 Å². The fourth-order valence-corrected chi connectivity index (χ4v) is 9.60. The molecule has 0 aliphatic carbocycles. The lowest BCUT2D eigenvalue weighted by atomic mass is 9.92. The van der Waals surface area contributed by atoms with Crippen molar-refractivity contribution in [2.24, 2.45) is 0 Å². The van der Waals surface area contributed by atoms with Crippen molar-refractivity contribution >= 4 is 71.2 Å². The molecule has 0 unspecified atom stereocenters. The normalized spacial score (nSPS) is 11.7. The Morgan fingerprint density at radius 2 is 0.717 bits per heavy atom. The van der Waals surface area contributed by atoms with Gasteiger partial charge in [-0.25, -0.2) is 0 Å². The Kier molecular flexibility index (Phi) is 7.89. The maximum Gasteiger partial charge on any atom is 0.0541 e. The third-order valence-corrected chi connectivity index (χ3v) is 12.4. The fourth-order valence-electron chi connectivity index (χ4n) is 9.60. The molecule has 0 spiro atoms. The number of fused-ring (bicyclic) bond motifs is 3. The second kappa shape index (κ2) is 13.9. The van der Waals surface area contributed by atoms with Crippen molar-refractivity contribution < 1.29 is 0 Å². The average molecular weight is 763 g/mol. The molecule has 0 aliphatic rings. The number of anilines is 3. The number of hydrogen-bond acceptors (Lipinski definition) is 1. The first-order chi connectivity index (χ1) is 29.8. The highest BCUT2D eigenvalue weighted by atomic mass is 15.1. The molecule has 1 aromatic heterocycles. The van der Waals surface area contributed by atoms with Gasteiger partial charge in [-0.05, 0) is 103 Å². The van der Waals surface area contributed by atoms with Gasteiger partial charge in [0.05, 0.1) is 22.4 Å². The molecule has 0 saturated carbocycles. The van der Waals surface area contributed by atoms with E-state index in [1.54, 1.807) is 0 Å². The molecule has 0 amide bonds. The quantitative estimate of drug-likeness (QED) is 0.147. The Labute approximate surface area is 348 Å². The molecule has 0 saturated heterocycles. The van der Waals surface area contributed by atoms with Crippen molar-refractivity contribution in [2.75, 3.05) is 4.90 Å². The van der Waals surface area contributed by atoms with E-state index < -0.39 is 0 Å². The van der Waals surface area contributed by atoms with Crippen LogP contribution in [-0.4, -0.2) is 4.57 Å². The SMILES string of the molecule is c1ccc(-c2ccc(N(c3ccc(-c4ccccc4-c4ccccc4)cc3)c3ccc4ccc5c(-n6c7ccccc7c7ccccc76)ccc6ccc3c4c65)cc2)cc1. The van der Waals surface area contributed by atoms with Crippen molar-refractivity contribution in [2.45, 2.75) is 0 Å². The van der Waals surface area contributed by atoms with Gasteiger partial charge in [-0.3, -0.25) is 0 Å². The van der Waals surface area contributed by atoms with E-state index in [4.69, 9.17) is 0 Å². The molecule has 60 heavy (non-hydrogen) atoms. The molecule has 2 nitrogen and oxygen atoms in total. The second-order valence-electron chi connectivity index (χ2n) is 15.7. The summed E-state index contributed by atoms with van der Waals surface area (Å²) in [7, 11) is 0. The molecule has 0 atom stereocenters. The Morgan fingerprint density at radius 3 is 1.33 bits per heavy atom. The van der Waals surface area contributed by atoms with Crippen LogP contribution in [0.2, 0.25) is 0 Å². The molecule has 0 fully saturated rings. The summed E-state index contributed by atoms with van der Waals surface area (Å²) in [4.78, 5) is 2.43. The maximum atomic E-state index is 2.45. The number of hydrogen-bond donors (Lipinski definition) is 0. The van der Waals surface area contributed by atoms with Crippen LogP contribution in [0.5, 0.6) is 0 Å². The third kappa shape index (κ3) is 5.42. The number of aromatic nitrogens is 1. The van der Waals surface area contributed by atoms with E-state index in [-0.39, 0.29) is 0 Å². The lowest BCUT2D eigenvalue weighted by Crippen LogP contribution is -2.10. The zero-order chi connectivity index (χ0) is 39.6. The van der Waals surface area contributed by atoms with Gasteiger partial charge in [-0.15, -0.1) is 0 Å². The lowest BCUT2D eigenvalue weighted by Gasteiger charge is -2.28. The van der Waals surface area contributed by atoms with Crippen LogP contribution in [0.4, 0.5) is 17.1 Å². The van der Waals surface area contributed by atoms with Gasteiger partial charge in [0, 0.05) is 32.9 Å². The van der Waals surface area contributed by atoms with E-state index >= 15 is 0 Å². The molecule has 0 bridgehead atoms.